The topological polar surface area (TPSA) is 85.4 Å². The molecule has 10 heteroatoms. The Hall–Kier alpha value is -3.24. The number of ether oxygens (including phenoxy) is 3. The fraction of sp³-hybridized carbons (Fsp3) is 0.261. The van der Waals surface area contributed by atoms with Crippen molar-refractivity contribution < 1.29 is 27.4 Å². The Labute approximate surface area is 197 Å². The number of hydrogen-bond donors (Lipinski definition) is 0. The summed E-state index contributed by atoms with van der Waals surface area (Å²) >= 11 is 1.17. The minimum atomic E-state index is -3.60. The minimum absolute atomic E-state index is 0.149. The first-order valence-corrected chi connectivity index (χ1v) is 12.5. The van der Waals surface area contributed by atoms with Gasteiger partial charge in [0.05, 0.1) is 12.2 Å². The van der Waals surface area contributed by atoms with Gasteiger partial charge in [0.15, 0.2) is 24.2 Å². The fourth-order valence-electron chi connectivity index (χ4n) is 3.25. The average molecular weight is 489 g/mol. The molecule has 0 spiro atoms. The quantitative estimate of drug-likeness (QED) is 0.484. The van der Waals surface area contributed by atoms with E-state index in [1.807, 2.05) is 24.3 Å². The molecule has 1 aliphatic heterocycles. The molecule has 0 bridgehead atoms. The molecule has 0 N–H and O–H groups in total. The molecule has 2 heterocycles. The van der Waals surface area contributed by atoms with Gasteiger partial charge in [0.2, 0.25) is 0 Å². The normalized spacial score (nSPS) is 15.0. The number of likely N-dealkylation sites (N-methyl/N-ethyl adjacent to an activating group) is 1. The molecule has 0 saturated carbocycles. The molecule has 0 radical (unpaired) electrons. The van der Waals surface area contributed by atoms with Gasteiger partial charge in [-0.05, 0) is 47.8 Å². The van der Waals surface area contributed by atoms with E-state index >= 15 is 0 Å². The summed E-state index contributed by atoms with van der Waals surface area (Å²) in [5.74, 6) is 1.62. The van der Waals surface area contributed by atoms with E-state index in [0.29, 0.717) is 36.1 Å². The van der Waals surface area contributed by atoms with Crippen molar-refractivity contribution >= 4 is 33.0 Å². The average Bonchev–Trinajstić information content (AvgIpc) is 3.38. The van der Waals surface area contributed by atoms with Crippen LogP contribution in [0.5, 0.6) is 17.2 Å². The molecule has 1 atom stereocenters. The zero-order valence-electron chi connectivity index (χ0n) is 18.2. The number of sulfonamides is 1. The van der Waals surface area contributed by atoms with Crippen molar-refractivity contribution in [3.8, 4) is 17.2 Å². The van der Waals surface area contributed by atoms with Crippen LogP contribution in [0.4, 0.5) is 5.69 Å². The molecule has 33 heavy (non-hydrogen) atoms. The molecule has 1 aromatic heterocycles. The van der Waals surface area contributed by atoms with Crippen LogP contribution in [-0.4, -0.2) is 59.2 Å². The van der Waals surface area contributed by atoms with Gasteiger partial charge < -0.3 is 19.1 Å². The Bertz CT molecular complexity index is 1200. The number of carbonyl (C=O) groups is 1. The van der Waals surface area contributed by atoms with E-state index in [0.717, 1.165) is 0 Å². The molecule has 174 valence electrons. The molecule has 3 aromatic rings. The summed E-state index contributed by atoms with van der Waals surface area (Å²) < 4.78 is 43.9. The molecule has 0 aliphatic carbocycles. The largest absolute Gasteiger partial charge is 0.486 e. The Morgan fingerprint density at radius 1 is 1.06 bits per heavy atom. The summed E-state index contributed by atoms with van der Waals surface area (Å²) in [4.78, 5) is 14.0. The molecule has 1 amide bonds. The third-order valence-corrected chi connectivity index (χ3v) is 8.30. The highest BCUT2D eigenvalue weighted by molar-refractivity contribution is 7.94. The molecule has 0 fully saturated rings. The van der Waals surface area contributed by atoms with Crippen molar-refractivity contribution in [2.24, 2.45) is 0 Å². The first-order valence-electron chi connectivity index (χ1n) is 10.2. The summed E-state index contributed by atoms with van der Waals surface area (Å²) in [7, 11) is -0.421. The third kappa shape index (κ3) is 5.23. The standard InChI is InChI=1S/C23H24N2O6S2/c1-24(14-19-15-30-20-6-3-4-7-21(20)31-19)22(26)16-29-18-11-9-17(10-12-18)25(2)33(27,28)23-8-5-13-32-23/h3-13,19H,14-16H2,1-2H3. The van der Waals surface area contributed by atoms with Crippen molar-refractivity contribution in [3.63, 3.8) is 0 Å². The minimum Gasteiger partial charge on any atom is -0.486 e. The van der Waals surface area contributed by atoms with E-state index in [9.17, 15) is 13.2 Å². The van der Waals surface area contributed by atoms with Crippen LogP contribution >= 0.6 is 11.3 Å². The predicted molar refractivity (Wildman–Crippen MR) is 126 cm³/mol. The van der Waals surface area contributed by atoms with Crippen LogP contribution in [0.25, 0.3) is 0 Å². The Morgan fingerprint density at radius 2 is 1.79 bits per heavy atom. The van der Waals surface area contributed by atoms with Crippen molar-refractivity contribution in [1.82, 2.24) is 4.90 Å². The number of fused-ring (bicyclic) bond motifs is 1. The molecular formula is C23H24N2O6S2. The number of nitrogens with zero attached hydrogens (tertiary/aromatic N) is 2. The van der Waals surface area contributed by atoms with Gasteiger partial charge in [-0.1, -0.05) is 18.2 Å². The first kappa shape index (κ1) is 22.9. The third-order valence-electron chi connectivity index (χ3n) is 5.14. The van der Waals surface area contributed by atoms with Gasteiger partial charge in [-0.3, -0.25) is 9.10 Å². The number of hydrogen-bond acceptors (Lipinski definition) is 7. The van der Waals surface area contributed by atoms with Gasteiger partial charge >= 0.3 is 0 Å². The summed E-state index contributed by atoms with van der Waals surface area (Å²) in [5, 5.41) is 1.72. The van der Waals surface area contributed by atoms with Crippen LogP contribution in [0.2, 0.25) is 0 Å². The molecule has 1 aliphatic rings. The number of benzene rings is 2. The van der Waals surface area contributed by atoms with Crippen LogP contribution < -0.4 is 18.5 Å². The second-order valence-corrected chi connectivity index (χ2v) is 10.6. The highest BCUT2D eigenvalue weighted by Gasteiger charge is 2.24. The molecule has 2 aromatic carbocycles. The highest BCUT2D eigenvalue weighted by Crippen LogP contribution is 2.31. The van der Waals surface area contributed by atoms with Crippen molar-refractivity contribution in [2.75, 3.05) is 38.2 Å². The van der Waals surface area contributed by atoms with E-state index < -0.39 is 10.0 Å². The summed E-state index contributed by atoms with van der Waals surface area (Å²) in [6, 6.07) is 17.2. The van der Waals surface area contributed by atoms with E-state index in [1.165, 1.54) is 27.6 Å². The smallest absolute Gasteiger partial charge is 0.273 e. The van der Waals surface area contributed by atoms with Crippen molar-refractivity contribution in [1.29, 1.82) is 0 Å². The fourth-order valence-corrected chi connectivity index (χ4v) is 5.61. The maximum Gasteiger partial charge on any atom is 0.273 e. The SMILES string of the molecule is CN(CC1COc2ccccc2O1)C(=O)COc1ccc(N(C)S(=O)(=O)c2cccs2)cc1. The zero-order valence-corrected chi connectivity index (χ0v) is 19.8. The molecule has 0 saturated heterocycles. The molecule has 8 nitrogen and oxygen atoms in total. The number of rotatable bonds is 8. The monoisotopic (exact) mass is 488 g/mol. The highest BCUT2D eigenvalue weighted by atomic mass is 32.2. The van der Waals surface area contributed by atoms with Crippen LogP contribution in [0, 0.1) is 0 Å². The van der Waals surface area contributed by atoms with Gasteiger partial charge in [0.25, 0.3) is 15.9 Å². The van der Waals surface area contributed by atoms with Gasteiger partial charge in [-0.25, -0.2) is 8.42 Å². The van der Waals surface area contributed by atoms with Gasteiger partial charge in [0.1, 0.15) is 16.6 Å². The number of anilines is 1. The second-order valence-electron chi connectivity index (χ2n) is 7.46. The molecule has 4 rings (SSSR count). The Morgan fingerprint density at radius 3 is 2.48 bits per heavy atom. The molecular weight excluding hydrogens is 464 g/mol. The number of amides is 1. The number of carbonyl (C=O) groups excluding carboxylic acids is 1. The Balaban J connectivity index is 1.29. The Kier molecular flexibility index (Phi) is 6.75. The van der Waals surface area contributed by atoms with E-state index in [2.05, 4.69) is 0 Å². The lowest BCUT2D eigenvalue weighted by molar-refractivity contribution is -0.133. The number of thiophene rings is 1. The van der Waals surface area contributed by atoms with Gasteiger partial charge in [0, 0.05) is 14.1 Å². The summed E-state index contributed by atoms with van der Waals surface area (Å²) in [6.45, 7) is 0.572. The van der Waals surface area contributed by atoms with E-state index in [1.54, 1.807) is 48.8 Å². The van der Waals surface area contributed by atoms with Gasteiger partial charge in [-0.15, -0.1) is 11.3 Å². The van der Waals surface area contributed by atoms with Crippen LogP contribution in [0.15, 0.2) is 70.3 Å². The lowest BCUT2D eigenvalue weighted by Crippen LogP contribution is -2.43. The first-order chi connectivity index (χ1) is 15.8. The second kappa shape index (κ2) is 9.72. The number of para-hydroxylation sites is 2. The molecule has 1 unspecified atom stereocenters. The van der Waals surface area contributed by atoms with Crippen LogP contribution in [-0.2, 0) is 14.8 Å². The predicted octanol–water partition coefficient (Wildman–Crippen LogP) is 3.25. The van der Waals surface area contributed by atoms with Gasteiger partial charge in [-0.2, -0.15) is 0 Å². The lowest BCUT2D eigenvalue weighted by Gasteiger charge is -2.29. The van der Waals surface area contributed by atoms with Crippen molar-refractivity contribution in [3.05, 3.63) is 66.0 Å². The maximum absolute atomic E-state index is 12.6. The van der Waals surface area contributed by atoms with Crippen LogP contribution in [0.1, 0.15) is 0 Å². The van der Waals surface area contributed by atoms with Crippen LogP contribution in [0.3, 0.4) is 0 Å². The summed E-state index contributed by atoms with van der Waals surface area (Å²) in [6.07, 6.45) is -0.269. The van der Waals surface area contributed by atoms with E-state index in [-0.39, 0.29) is 22.8 Å². The van der Waals surface area contributed by atoms with E-state index in [4.69, 9.17) is 14.2 Å². The maximum atomic E-state index is 12.6. The van der Waals surface area contributed by atoms with Crippen molar-refractivity contribution in [2.45, 2.75) is 10.3 Å². The zero-order chi connectivity index (χ0) is 23.4. The lowest BCUT2D eigenvalue weighted by atomic mass is 10.2. The summed E-state index contributed by atoms with van der Waals surface area (Å²) in [5.41, 5.74) is 0.494.